The molecule has 0 saturated carbocycles. The maximum Gasteiger partial charge on any atom is 4.00 e. The summed E-state index contributed by atoms with van der Waals surface area (Å²) in [6.07, 6.45) is 0. The zero-order valence-corrected chi connectivity index (χ0v) is 7.85. The Labute approximate surface area is 85.1 Å². The maximum atomic E-state index is 8.93. The molecule has 0 unspecified atom stereocenters. The van der Waals surface area contributed by atoms with Crippen LogP contribution in [0.1, 0.15) is 0 Å². The fourth-order valence-corrected chi connectivity index (χ4v) is 0. The maximum absolute atomic E-state index is 8.93. The van der Waals surface area contributed by atoms with Gasteiger partial charge in [0.15, 0.2) is 0 Å². The monoisotopic (exact) mass is 371 g/mol. The van der Waals surface area contributed by atoms with Crippen molar-refractivity contribution in [3.8, 4) is 0 Å². The van der Waals surface area contributed by atoms with Gasteiger partial charge in [0, 0.05) is 0 Å². The normalized spacial score (nSPS) is 6.77. The third kappa shape index (κ3) is 18.0. The minimum atomic E-state index is -2.19. The third-order valence-corrected chi connectivity index (χ3v) is 0.333. The second-order valence-corrected chi connectivity index (χ2v) is 1.15. The van der Waals surface area contributed by atoms with Crippen molar-refractivity contribution in [1.82, 2.24) is 0 Å². The summed E-state index contributed by atoms with van der Waals surface area (Å²) in [6.45, 7) is 0. The van der Waals surface area contributed by atoms with E-state index in [4.69, 9.17) is 39.6 Å². The fraction of sp³-hybridized carbons (Fsp3) is 0. The summed E-state index contributed by atoms with van der Waals surface area (Å²) in [4.78, 5) is 35.7. The van der Waals surface area contributed by atoms with Gasteiger partial charge in [-0.15, -0.1) is 0 Å². The van der Waals surface area contributed by atoms with Gasteiger partial charge in [-0.2, -0.15) is 0 Å². The molecule has 9 heteroatoms. The fourth-order valence-electron chi connectivity index (χ4n) is 0. The smallest absolute Gasteiger partial charge is 0.543 e. The summed E-state index contributed by atoms with van der Waals surface area (Å²) < 4.78 is 0. The van der Waals surface area contributed by atoms with Crippen molar-refractivity contribution < 1.29 is 60.7 Å². The van der Waals surface area contributed by atoms with Crippen molar-refractivity contribution in [2.45, 2.75) is 0 Å². The van der Waals surface area contributed by atoms with Crippen LogP contribution < -0.4 is 20.4 Å². The van der Waals surface area contributed by atoms with E-state index in [1.165, 1.54) is 0 Å². The SMILES string of the molecule is O=C([O-])C(=O)[O-].O=C([O-])C(=O)[O-].[Pt+4]. The van der Waals surface area contributed by atoms with Crippen molar-refractivity contribution in [3.63, 3.8) is 0 Å². The Bertz CT molecular complexity index is 172. The van der Waals surface area contributed by atoms with Crippen LogP contribution in [0.15, 0.2) is 0 Å². The van der Waals surface area contributed by atoms with Gasteiger partial charge in [-0.25, -0.2) is 0 Å². The molecule has 0 radical (unpaired) electrons. The van der Waals surface area contributed by atoms with E-state index in [0.29, 0.717) is 0 Å². The summed E-state index contributed by atoms with van der Waals surface area (Å²) >= 11 is 0. The van der Waals surface area contributed by atoms with Gasteiger partial charge in [-0.1, -0.05) is 0 Å². The zero-order valence-electron chi connectivity index (χ0n) is 5.58. The summed E-state index contributed by atoms with van der Waals surface area (Å²) in [5, 5.41) is 35.7. The van der Waals surface area contributed by atoms with Crippen LogP contribution in [0.5, 0.6) is 0 Å². The van der Waals surface area contributed by atoms with Gasteiger partial charge in [0.2, 0.25) is 0 Å². The van der Waals surface area contributed by atoms with Crippen LogP contribution in [0.2, 0.25) is 0 Å². The van der Waals surface area contributed by atoms with E-state index in [0.717, 1.165) is 0 Å². The van der Waals surface area contributed by atoms with Gasteiger partial charge in [0.05, 0.1) is 23.9 Å². The molecule has 0 aromatic rings. The molecule has 0 fully saturated rings. The molecule has 0 amide bonds. The predicted molar refractivity (Wildman–Crippen MR) is 20.0 cm³/mol. The average molecular weight is 371 g/mol. The Morgan fingerprint density at radius 1 is 0.538 bits per heavy atom. The van der Waals surface area contributed by atoms with Gasteiger partial charge in [-0.05, 0) is 0 Å². The van der Waals surface area contributed by atoms with Crippen molar-refractivity contribution >= 4 is 23.9 Å². The predicted octanol–water partition coefficient (Wildman–Crippen LogP) is -7.03. The summed E-state index contributed by atoms with van der Waals surface area (Å²) in [5.74, 6) is -8.74. The number of carbonyl (C=O) groups is 4. The van der Waals surface area contributed by atoms with Crippen LogP contribution >= 0.6 is 0 Å². The van der Waals surface area contributed by atoms with Crippen LogP contribution in [0.25, 0.3) is 0 Å². The van der Waals surface area contributed by atoms with Crippen molar-refractivity contribution in [1.29, 1.82) is 0 Å². The van der Waals surface area contributed by atoms with Crippen molar-refractivity contribution in [3.05, 3.63) is 0 Å². The van der Waals surface area contributed by atoms with E-state index in [-0.39, 0.29) is 21.1 Å². The Balaban J connectivity index is -0.000000143. The molecule has 0 spiro atoms. The molecule has 0 rings (SSSR count). The minimum Gasteiger partial charge on any atom is -0.543 e. The Kier molecular flexibility index (Phi) is 11.7. The first-order valence-corrected chi connectivity index (χ1v) is 2.13. The molecule has 0 aliphatic carbocycles. The molecule has 0 saturated heterocycles. The van der Waals surface area contributed by atoms with Gasteiger partial charge in [0.1, 0.15) is 0 Å². The molecule has 0 aliphatic heterocycles. The number of rotatable bonds is 0. The molecular weight excluding hydrogens is 371 g/mol. The molecule has 0 aliphatic rings. The number of carboxylic acid groups (broad SMARTS) is 4. The van der Waals surface area contributed by atoms with Crippen LogP contribution in [0.3, 0.4) is 0 Å². The number of aliphatic carboxylic acids is 4. The van der Waals surface area contributed by atoms with E-state index < -0.39 is 23.9 Å². The summed E-state index contributed by atoms with van der Waals surface area (Å²) in [6, 6.07) is 0. The van der Waals surface area contributed by atoms with E-state index in [1.807, 2.05) is 0 Å². The number of carbonyl (C=O) groups excluding carboxylic acids is 4. The minimum absolute atomic E-state index is 0. The van der Waals surface area contributed by atoms with Crippen LogP contribution in [-0.4, -0.2) is 23.9 Å². The Morgan fingerprint density at radius 2 is 0.615 bits per heavy atom. The first kappa shape index (κ1) is 17.6. The number of carboxylic acids is 4. The molecule has 8 nitrogen and oxygen atoms in total. The molecular formula is C4O8Pt. The van der Waals surface area contributed by atoms with Gasteiger partial charge in [-0.3, -0.25) is 0 Å². The molecule has 0 heterocycles. The van der Waals surface area contributed by atoms with E-state index >= 15 is 0 Å². The quantitative estimate of drug-likeness (QED) is 0.380. The summed E-state index contributed by atoms with van der Waals surface area (Å²) in [5.41, 5.74) is 0. The Morgan fingerprint density at radius 3 is 0.615 bits per heavy atom. The average Bonchev–Trinajstić information content (AvgIpc) is 1.88. The van der Waals surface area contributed by atoms with Crippen LogP contribution in [0, 0.1) is 0 Å². The second-order valence-electron chi connectivity index (χ2n) is 1.15. The Hall–Kier alpha value is -1.43. The van der Waals surface area contributed by atoms with Gasteiger partial charge < -0.3 is 39.6 Å². The molecule has 0 bridgehead atoms. The number of hydrogen-bond donors (Lipinski definition) is 0. The van der Waals surface area contributed by atoms with E-state index in [9.17, 15) is 0 Å². The van der Waals surface area contributed by atoms with Crippen molar-refractivity contribution in [2.24, 2.45) is 0 Å². The molecule has 0 N–H and O–H groups in total. The first-order chi connectivity index (χ1) is 5.29. The van der Waals surface area contributed by atoms with E-state index in [1.54, 1.807) is 0 Å². The van der Waals surface area contributed by atoms with Crippen LogP contribution in [-0.2, 0) is 40.2 Å². The van der Waals surface area contributed by atoms with Crippen molar-refractivity contribution in [2.75, 3.05) is 0 Å². The molecule has 0 atom stereocenters. The van der Waals surface area contributed by atoms with Gasteiger partial charge in [0.25, 0.3) is 0 Å². The molecule has 0 aromatic carbocycles. The number of hydrogen-bond acceptors (Lipinski definition) is 8. The first-order valence-electron chi connectivity index (χ1n) is 2.13. The third-order valence-electron chi connectivity index (χ3n) is 0.333. The largest absolute Gasteiger partial charge is 4.00 e. The van der Waals surface area contributed by atoms with E-state index in [2.05, 4.69) is 0 Å². The topological polar surface area (TPSA) is 161 Å². The molecule has 0 aromatic heterocycles. The summed E-state index contributed by atoms with van der Waals surface area (Å²) in [7, 11) is 0. The molecule has 13 heavy (non-hydrogen) atoms. The molecule has 74 valence electrons. The van der Waals surface area contributed by atoms with Crippen LogP contribution in [0.4, 0.5) is 0 Å². The van der Waals surface area contributed by atoms with Gasteiger partial charge >= 0.3 is 21.1 Å². The second kappa shape index (κ2) is 8.66. The standard InChI is InChI=1S/2C2H2O4.Pt/c2*3-1(4)2(5)6;/h2*(H,3,4)(H,5,6);/q;;+4/p-4. The zero-order chi connectivity index (χ0) is 10.3.